The predicted molar refractivity (Wildman–Crippen MR) is 148 cm³/mol. The molecule has 3 fully saturated rings. The highest BCUT2D eigenvalue weighted by molar-refractivity contribution is 14.0. The summed E-state index contributed by atoms with van der Waals surface area (Å²) in [6.07, 6.45) is 10.1. The highest BCUT2D eigenvalue weighted by Gasteiger charge is 2.34. The maximum atomic E-state index is 5.70. The minimum atomic E-state index is 0. The van der Waals surface area contributed by atoms with Crippen molar-refractivity contribution in [1.82, 2.24) is 20.9 Å². The van der Waals surface area contributed by atoms with Gasteiger partial charge in [0.1, 0.15) is 0 Å². The molecular formula is C26H44IN5O. The molecule has 1 aromatic carbocycles. The molecule has 0 amide bonds. The highest BCUT2D eigenvalue weighted by atomic mass is 127. The molecule has 6 nitrogen and oxygen atoms in total. The lowest BCUT2D eigenvalue weighted by molar-refractivity contribution is 0.0354. The fourth-order valence-corrected chi connectivity index (χ4v) is 5.74. The molecule has 1 aliphatic carbocycles. The second-order valence-electron chi connectivity index (χ2n) is 9.99. The lowest BCUT2D eigenvalue weighted by Gasteiger charge is -2.41. The third-order valence-electron chi connectivity index (χ3n) is 7.80. The topological polar surface area (TPSA) is 60.9 Å². The van der Waals surface area contributed by atoms with Crippen LogP contribution in [0.4, 0.5) is 0 Å². The van der Waals surface area contributed by atoms with Gasteiger partial charge >= 0.3 is 0 Å². The number of guanidine groups is 1. The van der Waals surface area contributed by atoms with Gasteiger partial charge in [-0.3, -0.25) is 4.99 Å². The smallest absolute Gasteiger partial charge is 0.191 e. The van der Waals surface area contributed by atoms with Gasteiger partial charge in [0, 0.05) is 63.6 Å². The summed E-state index contributed by atoms with van der Waals surface area (Å²) >= 11 is 0. The van der Waals surface area contributed by atoms with Gasteiger partial charge in [-0.1, -0.05) is 43.2 Å². The Kier molecular flexibility index (Phi) is 10.7. The maximum absolute atomic E-state index is 5.70. The van der Waals surface area contributed by atoms with Crippen LogP contribution in [0.1, 0.15) is 69.9 Å². The molecule has 2 aliphatic heterocycles. The van der Waals surface area contributed by atoms with Crippen molar-refractivity contribution < 1.29 is 4.74 Å². The van der Waals surface area contributed by atoms with Crippen molar-refractivity contribution in [3.63, 3.8) is 0 Å². The maximum Gasteiger partial charge on any atom is 0.191 e. The Morgan fingerprint density at radius 1 is 1.09 bits per heavy atom. The number of piperidine rings is 1. The lowest BCUT2D eigenvalue weighted by Crippen LogP contribution is -2.59. The quantitative estimate of drug-likeness (QED) is 0.263. The largest absolute Gasteiger partial charge is 0.381 e. The van der Waals surface area contributed by atoms with E-state index in [0.717, 1.165) is 44.6 Å². The first-order chi connectivity index (χ1) is 15.7. The summed E-state index contributed by atoms with van der Waals surface area (Å²) in [7, 11) is 1.89. The number of benzene rings is 1. The van der Waals surface area contributed by atoms with E-state index < -0.39 is 0 Å². The minimum Gasteiger partial charge on any atom is -0.381 e. The second-order valence-corrected chi connectivity index (χ2v) is 9.99. The van der Waals surface area contributed by atoms with Crippen LogP contribution in [0.25, 0.3) is 0 Å². The van der Waals surface area contributed by atoms with Crippen LogP contribution in [0, 0.1) is 0 Å². The normalized spacial score (nSPS) is 23.6. The van der Waals surface area contributed by atoms with Gasteiger partial charge in [0.05, 0.1) is 0 Å². The number of hydrogen-bond donors (Lipinski definition) is 3. The Morgan fingerprint density at radius 3 is 2.39 bits per heavy atom. The molecule has 0 radical (unpaired) electrons. The zero-order valence-corrected chi connectivity index (χ0v) is 22.9. The van der Waals surface area contributed by atoms with Crippen LogP contribution in [0.5, 0.6) is 0 Å². The molecule has 3 N–H and O–H groups in total. The van der Waals surface area contributed by atoms with Crippen LogP contribution in [-0.4, -0.2) is 68.4 Å². The first-order valence-electron chi connectivity index (χ1n) is 12.8. The Labute approximate surface area is 217 Å². The second kappa shape index (κ2) is 13.3. The predicted octanol–water partition coefficient (Wildman–Crippen LogP) is 4.08. The molecule has 3 aliphatic rings. The Balaban J connectivity index is 0.00000306. The van der Waals surface area contributed by atoms with Crippen molar-refractivity contribution in [3.05, 3.63) is 35.9 Å². The van der Waals surface area contributed by atoms with Crippen molar-refractivity contribution in [2.24, 2.45) is 4.99 Å². The minimum absolute atomic E-state index is 0. The average Bonchev–Trinajstić information content (AvgIpc) is 3.38. The van der Waals surface area contributed by atoms with Crippen molar-refractivity contribution in [1.29, 1.82) is 0 Å². The van der Waals surface area contributed by atoms with Crippen LogP contribution in [0.15, 0.2) is 35.3 Å². The molecule has 1 unspecified atom stereocenters. The van der Waals surface area contributed by atoms with E-state index >= 15 is 0 Å². The van der Waals surface area contributed by atoms with Crippen LogP contribution in [0.3, 0.4) is 0 Å². The van der Waals surface area contributed by atoms with E-state index in [-0.39, 0.29) is 29.5 Å². The van der Waals surface area contributed by atoms with Crippen molar-refractivity contribution in [3.8, 4) is 0 Å². The summed E-state index contributed by atoms with van der Waals surface area (Å²) in [5.41, 5.74) is 1.34. The molecule has 2 heterocycles. The molecule has 7 heteroatoms. The van der Waals surface area contributed by atoms with Gasteiger partial charge in [-0.05, 0) is 51.0 Å². The number of rotatable bonds is 7. The number of ether oxygens (including phenoxy) is 1. The average molecular weight is 570 g/mol. The van der Waals surface area contributed by atoms with Gasteiger partial charge in [-0.15, -0.1) is 24.0 Å². The van der Waals surface area contributed by atoms with Crippen LogP contribution in [0.2, 0.25) is 0 Å². The van der Waals surface area contributed by atoms with Crippen LogP contribution in [-0.2, 0) is 4.74 Å². The van der Waals surface area contributed by atoms with Gasteiger partial charge in [0.25, 0.3) is 0 Å². The first kappa shape index (κ1) is 26.7. The molecule has 0 aromatic heterocycles. The Bertz CT molecular complexity index is 711. The summed E-state index contributed by atoms with van der Waals surface area (Å²) < 4.78 is 5.70. The third kappa shape index (κ3) is 7.54. The van der Waals surface area contributed by atoms with E-state index in [0.29, 0.717) is 12.1 Å². The zero-order valence-electron chi connectivity index (χ0n) is 20.5. The monoisotopic (exact) mass is 569 g/mol. The number of hydrogen-bond acceptors (Lipinski definition) is 4. The molecule has 1 atom stereocenters. The molecule has 1 aromatic rings. The lowest BCUT2D eigenvalue weighted by atomic mass is 9.88. The van der Waals surface area contributed by atoms with Crippen LogP contribution >= 0.6 is 24.0 Å². The van der Waals surface area contributed by atoms with Gasteiger partial charge in [0.2, 0.25) is 0 Å². The van der Waals surface area contributed by atoms with Crippen molar-refractivity contribution in [2.45, 2.75) is 82.0 Å². The number of halogens is 1. The van der Waals surface area contributed by atoms with E-state index in [1.807, 2.05) is 7.05 Å². The van der Waals surface area contributed by atoms with Gasteiger partial charge in [-0.2, -0.15) is 0 Å². The summed E-state index contributed by atoms with van der Waals surface area (Å²) in [5.74, 6) is 0.935. The molecule has 2 saturated heterocycles. The van der Waals surface area contributed by atoms with E-state index in [9.17, 15) is 0 Å². The Hall–Kier alpha value is -0.900. The standard InChI is InChI=1S/C26H43N5O.HI/c1-21(22-8-4-3-5-9-22)30-26(14-18-32-19-15-26)20-28-25(27-2)29-23-12-16-31(17-13-23)24-10-6-7-11-24;/h3-5,8-9,21,23-24,30H,6-7,10-20H2,1-2H3,(H2,27,28,29);1H. The number of nitrogens with one attached hydrogen (secondary N) is 3. The zero-order chi connectivity index (χ0) is 22.2. The van der Waals surface area contributed by atoms with Gasteiger partial charge in [0.15, 0.2) is 5.96 Å². The highest BCUT2D eigenvalue weighted by Crippen LogP contribution is 2.27. The van der Waals surface area contributed by atoms with Crippen LogP contribution < -0.4 is 16.0 Å². The van der Waals surface area contributed by atoms with Gasteiger partial charge in [-0.25, -0.2) is 0 Å². The van der Waals surface area contributed by atoms with Crippen molar-refractivity contribution >= 4 is 29.9 Å². The van der Waals surface area contributed by atoms with E-state index in [2.05, 4.69) is 63.1 Å². The number of nitrogens with zero attached hydrogens (tertiary/aromatic N) is 2. The fourth-order valence-electron chi connectivity index (χ4n) is 5.74. The molecule has 0 bridgehead atoms. The van der Waals surface area contributed by atoms with Crippen molar-refractivity contribution in [2.75, 3.05) is 39.9 Å². The molecule has 1 saturated carbocycles. The van der Waals surface area contributed by atoms with E-state index in [1.165, 1.54) is 57.2 Å². The fraction of sp³-hybridized carbons (Fsp3) is 0.731. The molecule has 186 valence electrons. The molecule has 4 rings (SSSR count). The molecule has 0 spiro atoms. The summed E-state index contributed by atoms with van der Waals surface area (Å²) in [6.45, 7) is 7.17. The van der Waals surface area contributed by atoms with E-state index in [1.54, 1.807) is 0 Å². The SMILES string of the molecule is CN=C(NCC1(NC(C)c2ccccc2)CCOCC1)NC1CCN(C2CCCC2)CC1.I. The summed E-state index contributed by atoms with van der Waals surface area (Å²) in [5, 5.41) is 11.3. The summed E-state index contributed by atoms with van der Waals surface area (Å²) in [4.78, 5) is 7.28. The Morgan fingerprint density at radius 2 is 1.76 bits per heavy atom. The third-order valence-corrected chi connectivity index (χ3v) is 7.80. The molecule has 33 heavy (non-hydrogen) atoms. The first-order valence-corrected chi connectivity index (χ1v) is 12.8. The van der Waals surface area contributed by atoms with E-state index in [4.69, 9.17) is 4.74 Å². The molecular weight excluding hydrogens is 525 g/mol. The summed E-state index contributed by atoms with van der Waals surface area (Å²) in [6, 6.07) is 12.4. The number of aliphatic imine (C=N–C) groups is 1. The number of likely N-dealkylation sites (tertiary alicyclic amines) is 1. The van der Waals surface area contributed by atoms with Gasteiger partial charge < -0.3 is 25.6 Å².